The minimum absolute atomic E-state index is 0. The molecule has 0 radical (unpaired) electrons. The van der Waals surface area contributed by atoms with E-state index in [1.807, 2.05) is 54.6 Å². The van der Waals surface area contributed by atoms with E-state index in [-0.39, 0.29) is 47.0 Å². The average Bonchev–Trinajstić information content (AvgIpc) is 2.56. The van der Waals surface area contributed by atoms with Gasteiger partial charge in [0.15, 0.2) is 0 Å². The maximum absolute atomic E-state index is 12.8. The van der Waals surface area contributed by atoms with Crippen molar-refractivity contribution in [1.82, 2.24) is 0 Å². The van der Waals surface area contributed by atoms with E-state index in [2.05, 4.69) is 24.3 Å². The Labute approximate surface area is 171 Å². The number of hydrogen-bond acceptors (Lipinski definition) is 1. The molecule has 4 rings (SSSR count). The smallest absolute Gasteiger partial charge is 1.00 e. The van der Waals surface area contributed by atoms with Crippen molar-refractivity contribution in [3.8, 4) is 0 Å². The van der Waals surface area contributed by atoms with Crippen LogP contribution in [0.4, 0.5) is 0 Å². The van der Waals surface area contributed by atoms with Crippen LogP contribution in [0.3, 0.4) is 0 Å². The fourth-order valence-electron chi connectivity index (χ4n) is 2.85. The summed E-state index contributed by atoms with van der Waals surface area (Å²) in [7, 11) is -1.11. The van der Waals surface area contributed by atoms with Gasteiger partial charge in [0.2, 0.25) is 0 Å². The molecule has 1 aliphatic rings. The quantitative estimate of drug-likeness (QED) is 0.309. The molecule has 0 aromatic heterocycles. The first-order chi connectivity index (χ1) is 10.4. The number of benzene rings is 3. The maximum atomic E-state index is 12.8. The molecule has 110 valence electrons. The molecule has 0 bridgehead atoms. The van der Waals surface area contributed by atoms with Crippen LogP contribution >= 0.6 is 10.8 Å². The van der Waals surface area contributed by atoms with Crippen molar-refractivity contribution in [2.75, 3.05) is 0 Å². The fourth-order valence-corrected chi connectivity index (χ4v) is 4.23. The summed E-state index contributed by atoms with van der Waals surface area (Å²) in [6, 6.07) is 26.3. The van der Waals surface area contributed by atoms with Gasteiger partial charge in [-0.1, -0.05) is 66.7 Å². The van der Waals surface area contributed by atoms with E-state index in [4.69, 9.17) is 0 Å². The van der Waals surface area contributed by atoms with Gasteiger partial charge >= 0.3 is 23.1 Å². The Morgan fingerprint density at radius 3 is 2.09 bits per heavy atom. The molecule has 0 N–H and O–H groups in total. The second-order valence-electron chi connectivity index (χ2n) is 5.00. The fraction of sp³-hybridized carbons (Fsp3) is 0. The van der Waals surface area contributed by atoms with Crippen LogP contribution in [0.1, 0.15) is 11.1 Å². The molecular weight excluding hydrogens is 427 g/mol. The molecule has 0 aliphatic carbocycles. The molecule has 0 saturated carbocycles. The maximum Gasteiger partial charge on any atom is 2.00 e. The summed E-state index contributed by atoms with van der Waals surface area (Å²) in [5, 5.41) is 1.07. The van der Waals surface area contributed by atoms with E-state index < -0.39 is 10.8 Å². The molecule has 0 spiro atoms. The van der Waals surface area contributed by atoms with Crippen molar-refractivity contribution >= 4 is 39.4 Å². The Morgan fingerprint density at radius 1 is 0.696 bits per heavy atom. The van der Waals surface area contributed by atoms with Gasteiger partial charge in [-0.15, -0.1) is 0 Å². The molecule has 4 heteroatoms. The van der Waals surface area contributed by atoms with Crippen LogP contribution in [0, 0.1) is 4.51 Å². The van der Waals surface area contributed by atoms with Gasteiger partial charge < -0.3 is 28.5 Å². The van der Waals surface area contributed by atoms with Crippen LogP contribution in [0.2, 0.25) is 0 Å². The van der Waals surface area contributed by atoms with Gasteiger partial charge in [-0.25, -0.2) is 10.8 Å². The van der Waals surface area contributed by atoms with Crippen LogP contribution in [-0.4, -0.2) is 27.6 Å². The van der Waals surface area contributed by atoms with Crippen molar-refractivity contribution in [3.63, 3.8) is 0 Å². The third kappa shape index (κ3) is 3.28. The zero-order valence-electron chi connectivity index (χ0n) is 12.4. The van der Waals surface area contributed by atoms with E-state index in [1.165, 1.54) is 5.57 Å². The minimum atomic E-state index is -1.11. The molecule has 0 saturated heterocycles. The van der Waals surface area contributed by atoms with Crippen LogP contribution < -0.4 is 29.2 Å². The molecule has 3 aromatic rings. The predicted molar refractivity (Wildman–Crippen MR) is 91.8 cm³/mol. The van der Waals surface area contributed by atoms with E-state index >= 15 is 0 Å². The summed E-state index contributed by atoms with van der Waals surface area (Å²) < 4.78 is 13.7. The predicted octanol–water partition coefficient (Wildman–Crippen LogP) is 0.580. The van der Waals surface area contributed by atoms with Crippen molar-refractivity contribution in [2.45, 2.75) is 4.90 Å². The normalized spacial score (nSPS) is 14.8. The third-order valence-electron chi connectivity index (χ3n) is 3.77. The molecule has 1 atom stereocenters. The van der Waals surface area contributed by atoms with E-state index in [0.717, 1.165) is 25.8 Å². The molecule has 3 aromatic carbocycles. The molecular formula is C19H13IMgOS. The zero-order chi connectivity index (χ0) is 14.2. The van der Waals surface area contributed by atoms with Crippen molar-refractivity contribution < 1.29 is 28.5 Å². The van der Waals surface area contributed by atoms with E-state index in [1.54, 1.807) is 0 Å². The molecule has 1 unspecified atom stereocenters. The Hall–Kier alpha value is -0.664. The van der Waals surface area contributed by atoms with Gasteiger partial charge in [0.1, 0.15) is 0 Å². The van der Waals surface area contributed by atoms with Gasteiger partial charge in [0, 0.05) is 0 Å². The summed E-state index contributed by atoms with van der Waals surface area (Å²) in [4.78, 5) is 0.898. The molecule has 0 amide bonds. The second kappa shape index (κ2) is 7.94. The summed E-state index contributed by atoms with van der Waals surface area (Å²) in [6.45, 7) is 0. The van der Waals surface area contributed by atoms with Crippen LogP contribution in [0.5, 0.6) is 0 Å². The van der Waals surface area contributed by atoms with Gasteiger partial charge in [-0.3, -0.25) is 0 Å². The van der Waals surface area contributed by atoms with Crippen molar-refractivity contribution in [2.24, 2.45) is 0 Å². The van der Waals surface area contributed by atoms with E-state index in [0.29, 0.717) is 0 Å². The summed E-state index contributed by atoms with van der Waals surface area (Å²) in [5.74, 6) is 0. The second-order valence-corrected chi connectivity index (χ2v) is 6.42. The molecule has 0 fully saturated rings. The van der Waals surface area contributed by atoms with Gasteiger partial charge in [0.25, 0.3) is 0 Å². The Morgan fingerprint density at radius 2 is 1.30 bits per heavy atom. The van der Waals surface area contributed by atoms with Crippen molar-refractivity contribution in [3.05, 3.63) is 99.7 Å². The molecule has 1 heterocycles. The third-order valence-corrected chi connectivity index (χ3v) is 5.29. The minimum Gasteiger partial charge on any atom is -1.00 e. The Balaban J connectivity index is 0.000000960. The van der Waals surface area contributed by atoms with Gasteiger partial charge in [0.05, 0.1) is 0 Å². The SMILES string of the molecule is [I-].[Mg+2].[O-]S1=c2ccccc2=C(c2ccccc2)c2ccccc21. The summed E-state index contributed by atoms with van der Waals surface area (Å²) in [5.41, 5.74) is 3.40. The van der Waals surface area contributed by atoms with E-state index in [9.17, 15) is 4.55 Å². The van der Waals surface area contributed by atoms with Crippen LogP contribution in [-0.2, 0) is 0 Å². The first-order valence-corrected chi connectivity index (χ1v) is 8.04. The largest absolute Gasteiger partial charge is 2.00 e. The molecule has 1 nitrogen and oxygen atoms in total. The van der Waals surface area contributed by atoms with Gasteiger partial charge in [-0.2, -0.15) is 0 Å². The summed E-state index contributed by atoms with van der Waals surface area (Å²) >= 11 is 0. The van der Waals surface area contributed by atoms with Crippen LogP contribution in [0.25, 0.3) is 5.57 Å². The Bertz CT molecular complexity index is 954. The number of fused-ring (bicyclic) bond motifs is 2. The first kappa shape index (κ1) is 18.7. The molecule has 1 aliphatic heterocycles. The monoisotopic (exact) mass is 440 g/mol. The number of halogens is 1. The topological polar surface area (TPSA) is 23.1 Å². The standard InChI is InChI=1S/C19H13OS.HI.Mg/c20-21-17-12-6-4-10-15(17)19(14-8-2-1-3-9-14)16-11-5-7-13-18(16)21;;/h1-13H;1H;/q-1;;+2/p-1. The molecule has 23 heavy (non-hydrogen) atoms. The van der Waals surface area contributed by atoms with Crippen molar-refractivity contribution in [1.29, 1.82) is 0 Å². The summed E-state index contributed by atoms with van der Waals surface area (Å²) in [6.07, 6.45) is 0. The average molecular weight is 441 g/mol. The van der Waals surface area contributed by atoms with Crippen LogP contribution in [0.15, 0.2) is 83.8 Å². The number of rotatable bonds is 1. The van der Waals surface area contributed by atoms with Gasteiger partial charge in [-0.05, 0) is 43.5 Å². The number of hydrogen-bond donors (Lipinski definition) is 0. The zero-order valence-corrected chi connectivity index (χ0v) is 16.8. The Kier molecular flexibility index (Phi) is 6.45. The first-order valence-electron chi connectivity index (χ1n) is 6.89.